The van der Waals surface area contributed by atoms with Crippen molar-refractivity contribution in [2.45, 2.75) is 0 Å². The van der Waals surface area contributed by atoms with Crippen LogP contribution >= 0.6 is 0 Å². The molecule has 0 saturated heterocycles. The van der Waals surface area contributed by atoms with Gasteiger partial charge >= 0.3 is 0 Å². The molecule has 0 N–H and O–H groups in total. The van der Waals surface area contributed by atoms with E-state index in [9.17, 15) is 0 Å². The zero-order valence-electron chi connectivity index (χ0n) is 29.4. The van der Waals surface area contributed by atoms with E-state index >= 15 is 0 Å². The molecule has 0 radical (unpaired) electrons. The lowest BCUT2D eigenvalue weighted by atomic mass is 9.86. The van der Waals surface area contributed by atoms with Gasteiger partial charge in [0.1, 0.15) is 0 Å². The summed E-state index contributed by atoms with van der Waals surface area (Å²) in [6, 6.07) is 70.6. The summed E-state index contributed by atoms with van der Waals surface area (Å²) in [6.45, 7) is 0. The van der Waals surface area contributed by atoms with Gasteiger partial charge in [0.25, 0.3) is 0 Å². The fourth-order valence-electron chi connectivity index (χ4n) is 7.76. The average molecular weight is 688 g/mol. The third-order valence-corrected chi connectivity index (χ3v) is 10.3. The van der Waals surface area contributed by atoms with Crippen molar-refractivity contribution in [1.29, 1.82) is 0 Å². The van der Waals surface area contributed by atoms with Gasteiger partial charge in [0, 0.05) is 16.7 Å². The molecule has 10 rings (SSSR count). The van der Waals surface area contributed by atoms with Crippen molar-refractivity contribution in [3.05, 3.63) is 200 Å². The molecule has 0 fully saturated rings. The minimum absolute atomic E-state index is 0.631. The molecule has 0 saturated carbocycles. The Morgan fingerprint density at radius 2 is 0.741 bits per heavy atom. The van der Waals surface area contributed by atoms with E-state index in [1.165, 1.54) is 49.0 Å². The van der Waals surface area contributed by atoms with Gasteiger partial charge < -0.3 is 0 Å². The maximum Gasteiger partial charge on any atom is 0.164 e. The van der Waals surface area contributed by atoms with Gasteiger partial charge in [-0.15, -0.1) is 0 Å². The second kappa shape index (κ2) is 13.4. The summed E-state index contributed by atoms with van der Waals surface area (Å²) in [4.78, 5) is 15.3. The van der Waals surface area contributed by atoms with Crippen molar-refractivity contribution in [3.8, 4) is 67.5 Å². The molecule has 0 aliphatic heterocycles. The number of fused-ring (bicyclic) bond motifs is 4. The molecule has 10 aromatic rings. The van der Waals surface area contributed by atoms with Crippen LogP contribution in [0, 0.1) is 0 Å². The molecule has 0 bridgehead atoms. The molecule has 0 aliphatic carbocycles. The Balaban J connectivity index is 1.15. The Bertz CT molecular complexity index is 2970. The Morgan fingerprint density at radius 1 is 0.241 bits per heavy atom. The Labute approximate surface area is 313 Å². The van der Waals surface area contributed by atoms with E-state index in [0.29, 0.717) is 17.5 Å². The van der Waals surface area contributed by atoms with Crippen LogP contribution in [0.25, 0.3) is 99.9 Å². The highest BCUT2D eigenvalue weighted by Gasteiger charge is 2.18. The number of hydrogen-bond acceptors (Lipinski definition) is 3. The van der Waals surface area contributed by atoms with Crippen LogP contribution in [0.15, 0.2) is 200 Å². The van der Waals surface area contributed by atoms with Gasteiger partial charge in [-0.3, -0.25) is 0 Å². The van der Waals surface area contributed by atoms with Gasteiger partial charge in [-0.1, -0.05) is 194 Å². The maximum atomic E-state index is 5.14. The van der Waals surface area contributed by atoms with Crippen LogP contribution in [0.5, 0.6) is 0 Å². The summed E-state index contributed by atoms with van der Waals surface area (Å²) in [5.41, 5.74) is 9.79. The van der Waals surface area contributed by atoms with Gasteiger partial charge in [0.05, 0.1) is 0 Å². The number of rotatable bonds is 6. The molecular weight excluding hydrogens is 655 g/mol. The largest absolute Gasteiger partial charge is 0.208 e. The van der Waals surface area contributed by atoms with Crippen LogP contribution in [-0.2, 0) is 0 Å². The molecule has 0 aliphatic rings. The van der Waals surface area contributed by atoms with E-state index in [2.05, 4.69) is 158 Å². The highest BCUT2D eigenvalue weighted by atomic mass is 15.0. The van der Waals surface area contributed by atoms with E-state index < -0.39 is 0 Å². The summed E-state index contributed by atoms with van der Waals surface area (Å²) < 4.78 is 0. The van der Waals surface area contributed by atoms with Gasteiger partial charge in [-0.2, -0.15) is 0 Å². The van der Waals surface area contributed by atoms with Crippen LogP contribution in [-0.4, -0.2) is 15.0 Å². The van der Waals surface area contributed by atoms with Gasteiger partial charge in [0.2, 0.25) is 0 Å². The van der Waals surface area contributed by atoms with Gasteiger partial charge in [-0.05, 0) is 71.8 Å². The van der Waals surface area contributed by atoms with E-state index in [1.54, 1.807) is 0 Å². The van der Waals surface area contributed by atoms with Crippen molar-refractivity contribution in [2.24, 2.45) is 0 Å². The molecule has 54 heavy (non-hydrogen) atoms. The average Bonchev–Trinajstić information content (AvgIpc) is 3.26. The fourth-order valence-corrected chi connectivity index (χ4v) is 7.76. The smallest absolute Gasteiger partial charge is 0.164 e. The lowest BCUT2D eigenvalue weighted by molar-refractivity contribution is 1.07. The monoisotopic (exact) mass is 687 g/mol. The number of benzene rings is 9. The molecule has 1 heterocycles. The van der Waals surface area contributed by atoms with E-state index in [0.717, 1.165) is 33.4 Å². The molecule has 0 amide bonds. The first-order valence-corrected chi connectivity index (χ1v) is 18.3. The van der Waals surface area contributed by atoms with Crippen molar-refractivity contribution < 1.29 is 0 Å². The Kier molecular flexibility index (Phi) is 7.81. The van der Waals surface area contributed by atoms with E-state index in [1.807, 2.05) is 42.5 Å². The Hall–Kier alpha value is -7.23. The standard InChI is InChI=1S/C51H33N3/c1-3-15-34(16-4-1)40-21-11-14-26-46(40)51-53-49(37-18-5-2-6-19-37)52-50(54-51)38-29-27-36(28-30-38)48-42-23-10-7-17-35(42)31-32-45(48)47-33-39-20-8-9-22-41(39)43-24-12-13-25-44(43)47/h1-33H. The first kappa shape index (κ1) is 31.5. The normalized spacial score (nSPS) is 11.3. The van der Waals surface area contributed by atoms with Crippen molar-refractivity contribution in [3.63, 3.8) is 0 Å². The summed E-state index contributed by atoms with van der Waals surface area (Å²) >= 11 is 0. The van der Waals surface area contributed by atoms with Gasteiger partial charge in [-0.25, -0.2) is 15.0 Å². The van der Waals surface area contributed by atoms with Crippen LogP contribution in [0.3, 0.4) is 0 Å². The number of aromatic nitrogens is 3. The predicted octanol–water partition coefficient (Wildman–Crippen LogP) is 13.3. The zero-order valence-corrected chi connectivity index (χ0v) is 29.4. The third-order valence-electron chi connectivity index (χ3n) is 10.3. The van der Waals surface area contributed by atoms with Crippen LogP contribution in [0.1, 0.15) is 0 Å². The fraction of sp³-hybridized carbons (Fsp3) is 0. The van der Waals surface area contributed by atoms with Crippen molar-refractivity contribution in [1.82, 2.24) is 15.0 Å². The maximum absolute atomic E-state index is 5.14. The molecule has 252 valence electrons. The molecule has 0 atom stereocenters. The minimum atomic E-state index is 0.631. The molecule has 0 spiro atoms. The molecule has 3 heteroatoms. The highest BCUT2D eigenvalue weighted by molar-refractivity contribution is 6.16. The van der Waals surface area contributed by atoms with Crippen molar-refractivity contribution in [2.75, 3.05) is 0 Å². The summed E-state index contributed by atoms with van der Waals surface area (Å²) in [6.07, 6.45) is 0. The summed E-state index contributed by atoms with van der Waals surface area (Å²) in [5.74, 6) is 1.91. The molecule has 3 nitrogen and oxygen atoms in total. The minimum Gasteiger partial charge on any atom is -0.208 e. The van der Waals surface area contributed by atoms with Crippen LogP contribution in [0.4, 0.5) is 0 Å². The second-order valence-corrected chi connectivity index (χ2v) is 13.6. The lowest BCUT2D eigenvalue weighted by Crippen LogP contribution is -2.01. The number of nitrogens with zero attached hydrogens (tertiary/aromatic N) is 3. The molecule has 1 aromatic heterocycles. The first-order chi connectivity index (χ1) is 26.8. The predicted molar refractivity (Wildman–Crippen MR) is 225 cm³/mol. The van der Waals surface area contributed by atoms with Crippen molar-refractivity contribution >= 4 is 32.3 Å². The quantitative estimate of drug-likeness (QED) is 0.163. The number of hydrogen-bond donors (Lipinski definition) is 0. The summed E-state index contributed by atoms with van der Waals surface area (Å²) in [7, 11) is 0. The highest BCUT2D eigenvalue weighted by Crippen LogP contribution is 2.43. The lowest BCUT2D eigenvalue weighted by Gasteiger charge is -2.17. The summed E-state index contributed by atoms with van der Waals surface area (Å²) in [5, 5.41) is 7.42. The van der Waals surface area contributed by atoms with E-state index in [4.69, 9.17) is 15.0 Å². The SMILES string of the molecule is c1ccc(-c2nc(-c3ccc(-c4c(-c5cc6ccccc6c6ccccc56)ccc5ccccc45)cc3)nc(-c3ccccc3-c3ccccc3)n2)cc1. The van der Waals surface area contributed by atoms with Gasteiger partial charge in [0.15, 0.2) is 17.5 Å². The topological polar surface area (TPSA) is 38.7 Å². The third kappa shape index (κ3) is 5.60. The second-order valence-electron chi connectivity index (χ2n) is 13.6. The van der Waals surface area contributed by atoms with Crippen LogP contribution < -0.4 is 0 Å². The molecular formula is C51H33N3. The molecule has 9 aromatic carbocycles. The van der Waals surface area contributed by atoms with E-state index in [-0.39, 0.29) is 0 Å². The zero-order chi connectivity index (χ0) is 35.8. The molecule has 0 unspecified atom stereocenters. The first-order valence-electron chi connectivity index (χ1n) is 18.3. The van der Waals surface area contributed by atoms with Crippen LogP contribution in [0.2, 0.25) is 0 Å². The Morgan fingerprint density at radius 3 is 1.46 bits per heavy atom.